The van der Waals surface area contributed by atoms with Crippen LogP contribution in [-0.2, 0) is 0 Å². The molecule has 1 nitrogen and oxygen atoms in total. The average molecular weight is 447 g/mol. The minimum Gasteiger partial charge on any atom is -0.355 e. The van der Waals surface area contributed by atoms with Crippen molar-refractivity contribution in [3.8, 4) is 22.3 Å². The van der Waals surface area contributed by atoms with E-state index in [9.17, 15) is 17.6 Å². The van der Waals surface area contributed by atoms with Gasteiger partial charge in [0.2, 0.25) is 0 Å². The topological polar surface area (TPSA) is 12.0 Å². The maximum atomic E-state index is 13.8. The lowest BCUT2D eigenvalue weighted by molar-refractivity contribution is 0.563. The second kappa shape index (κ2) is 8.07. The summed E-state index contributed by atoms with van der Waals surface area (Å²) in [4.78, 5) is 0. The van der Waals surface area contributed by atoms with Crippen molar-refractivity contribution < 1.29 is 17.6 Å². The number of hydrogen-bond acceptors (Lipinski definition) is 1. The summed E-state index contributed by atoms with van der Waals surface area (Å²) < 4.78 is 55.2. The van der Waals surface area contributed by atoms with Crippen molar-refractivity contribution in [1.29, 1.82) is 0 Å². The highest BCUT2D eigenvalue weighted by Gasteiger charge is 2.29. The van der Waals surface area contributed by atoms with Gasteiger partial charge in [-0.05, 0) is 87.8 Å². The minimum absolute atomic E-state index is 0.0204. The van der Waals surface area contributed by atoms with Crippen molar-refractivity contribution in [2.24, 2.45) is 5.92 Å². The van der Waals surface area contributed by atoms with Crippen LogP contribution < -0.4 is 5.32 Å². The number of fused-ring (bicyclic) bond motifs is 2. The third-order valence-electron chi connectivity index (χ3n) is 6.10. The van der Waals surface area contributed by atoms with Gasteiger partial charge >= 0.3 is 0 Å². The Balaban J connectivity index is 1.63. The van der Waals surface area contributed by atoms with E-state index in [0.29, 0.717) is 22.3 Å². The van der Waals surface area contributed by atoms with Crippen LogP contribution in [0.1, 0.15) is 30.9 Å². The molecule has 33 heavy (non-hydrogen) atoms. The molecule has 5 rings (SSSR count). The van der Waals surface area contributed by atoms with Gasteiger partial charge in [-0.3, -0.25) is 0 Å². The second-order valence-corrected chi connectivity index (χ2v) is 8.77. The number of nitrogens with one attached hydrogen (secondary N) is 1. The summed E-state index contributed by atoms with van der Waals surface area (Å²) in [5.74, 6) is -2.33. The van der Waals surface area contributed by atoms with Crippen molar-refractivity contribution >= 4 is 11.4 Å². The molecule has 0 radical (unpaired) electrons. The first-order chi connectivity index (χ1) is 15.8. The molecule has 4 aromatic rings. The highest BCUT2D eigenvalue weighted by Crippen LogP contribution is 2.47. The summed E-state index contributed by atoms with van der Waals surface area (Å²) in [5.41, 5.74) is 6.21. The van der Waals surface area contributed by atoms with Gasteiger partial charge in [0.1, 0.15) is 23.3 Å². The molecule has 0 aliphatic carbocycles. The monoisotopic (exact) mass is 447 g/mol. The Morgan fingerprint density at radius 2 is 0.939 bits per heavy atom. The summed E-state index contributed by atoms with van der Waals surface area (Å²) >= 11 is 0. The minimum atomic E-state index is -0.626. The zero-order chi connectivity index (χ0) is 23.3. The van der Waals surface area contributed by atoms with Crippen LogP contribution in [-0.4, -0.2) is 0 Å². The molecule has 0 saturated carbocycles. The fourth-order valence-corrected chi connectivity index (χ4v) is 4.70. The Kier molecular flexibility index (Phi) is 5.20. The van der Waals surface area contributed by atoms with Gasteiger partial charge in [0, 0.05) is 29.4 Å². The third-order valence-corrected chi connectivity index (χ3v) is 6.10. The second-order valence-electron chi connectivity index (χ2n) is 8.77. The van der Waals surface area contributed by atoms with E-state index in [0.717, 1.165) is 34.6 Å². The normalized spacial score (nSPS) is 12.9. The molecular formula is C28H21F4N. The lowest BCUT2D eigenvalue weighted by atomic mass is 9.77. The lowest BCUT2D eigenvalue weighted by Crippen LogP contribution is -2.17. The lowest BCUT2D eigenvalue weighted by Gasteiger charge is -2.33. The highest BCUT2D eigenvalue weighted by atomic mass is 19.1. The standard InChI is InChI=1S/C28H21F4N/c1-15(2)28-24-11-16(18-7-20(29)13-21(30)8-18)3-5-26(24)33-27-6-4-17(12-25(27)28)19-9-22(31)14-23(32)10-19/h3-15,28,33H,1-2H3. The Bertz CT molecular complexity index is 1240. The number of halogens is 4. The summed E-state index contributed by atoms with van der Waals surface area (Å²) in [7, 11) is 0. The van der Waals surface area contributed by atoms with Crippen molar-refractivity contribution in [1.82, 2.24) is 0 Å². The fraction of sp³-hybridized carbons (Fsp3) is 0.143. The predicted octanol–water partition coefficient (Wildman–Crippen LogP) is 8.42. The van der Waals surface area contributed by atoms with Crippen LogP contribution in [0.4, 0.5) is 28.9 Å². The third kappa shape index (κ3) is 3.99. The first kappa shape index (κ1) is 21.3. The Morgan fingerprint density at radius 1 is 0.545 bits per heavy atom. The molecule has 1 aliphatic heterocycles. The Hall–Kier alpha value is -3.60. The molecule has 166 valence electrons. The van der Waals surface area contributed by atoms with Crippen LogP contribution in [0.2, 0.25) is 0 Å². The maximum Gasteiger partial charge on any atom is 0.126 e. The van der Waals surface area contributed by atoms with Crippen LogP contribution in [0.3, 0.4) is 0 Å². The Morgan fingerprint density at radius 3 is 1.30 bits per heavy atom. The molecular weight excluding hydrogens is 426 g/mol. The molecule has 4 aromatic carbocycles. The average Bonchev–Trinajstić information content (AvgIpc) is 2.75. The van der Waals surface area contributed by atoms with Crippen LogP contribution in [0.5, 0.6) is 0 Å². The van der Waals surface area contributed by atoms with Crippen LogP contribution >= 0.6 is 0 Å². The molecule has 1 N–H and O–H groups in total. The van der Waals surface area contributed by atoms with Gasteiger partial charge in [-0.1, -0.05) is 26.0 Å². The predicted molar refractivity (Wildman–Crippen MR) is 124 cm³/mol. The zero-order valence-electron chi connectivity index (χ0n) is 18.1. The first-order valence-electron chi connectivity index (χ1n) is 10.8. The molecule has 5 heteroatoms. The molecule has 0 bridgehead atoms. The van der Waals surface area contributed by atoms with Gasteiger partial charge in [-0.25, -0.2) is 17.6 Å². The van der Waals surface area contributed by atoms with E-state index in [2.05, 4.69) is 19.2 Å². The van der Waals surface area contributed by atoms with Crippen molar-refractivity contribution in [2.45, 2.75) is 19.8 Å². The SMILES string of the molecule is CC(C)C1c2cc(-c3cc(F)cc(F)c3)ccc2Nc2ccc(-c3cc(F)cc(F)c3)cc21. The summed E-state index contributed by atoms with van der Waals surface area (Å²) in [6, 6.07) is 18.4. The van der Waals surface area contributed by atoms with E-state index < -0.39 is 23.3 Å². The highest BCUT2D eigenvalue weighted by molar-refractivity contribution is 5.80. The van der Waals surface area contributed by atoms with Crippen LogP contribution in [0, 0.1) is 29.2 Å². The quantitative estimate of drug-likeness (QED) is 0.311. The number of benzene rings is 4. The summed E-state index contributed by atoms with van der Waals surface area (Å²) in [6.45, 7) is 4.21. The van der Waals surface area contributed by atoms with E-state index in [1.165, 1.54) is 24.3 Å². The molecule has 0 atom stereocenters. The largest absolute Gasteiger partial charge is 0.355 e. The van der Waals surface area contributed by atoms with Crippen molar-refractivity contribution in [3.05, 3.63) is 107 Å². The zero-order valence-corrected chi connectivity index (χ0v) is 18.1. The molecule has 0 aromatic heterocycles. The van der Waals surface area contributed by atoms with Gasteiger partial charge < -0.3 is 5.32 Å². The van der Waals surface area contributed by atoms with E-state index >= 15 is 0 Å². The number of hydrogen-bond donors (Lipinski definition) is 1. The molecule has 0 spiro atoms. The first-order valence-corrected chi connectivity index (χ1v) is 10.8. The van der Waals surface area contributed by atoms with Gasteiger partial charge in [-0.2, -0.15) is 0 Å². The van der Waals surface area contributed by atoms with E-state index in [4.69, 9.17) is 0 Å². The van der Waals surface area contributed by atoms with Gasteiger partial charge in [0.05, 0.1) is 0 Å². The van der Waals surface area contributed by atoms with Crippen LogP contribution in [0.15, 0.2) is 72.8 Å². The molecule has 0 unspecified atom stereocenters. The number of rotatable bonds is 3. The number of anilines is 2. The smallest absolute Gasteiger partial charge is 0.126 e. The van der Waals surface area contributed by atoms with Gasteiger partial charge in [-0.15, -0.1) is 0 Å². The summed E-state index contributed by atoms with van der Waals surface area (Å²) in [5, 5.41) is 3.43. The van der Waals surface area contributed by atoms with Gasteiger partial charge in [0.15, 0.2) is 0 Å². The molecule has 0 amide bonds. The van der Waals surface area contributed by atoms with E-state index in [1.807, 2.05) is 36.4 Å². The molecule has 1 aliphatic rings. The van der Waals surface area contributed by atoms with E-state index in [1.54, 1.807) is 0 Å². The summed E-state index contributed by atoms with van der Waals surface area (Å²) in [6.07, 6.45) is 0. The Labute approximate surface area is 189 Å². The molecule has 0 saturated heterocycles. The van der Waals surface area contributed by atoms with Gasteiger partial charge in [0.25, 0.3) is 0 Å². The maximum absolute atomic E-state index is 13.8. The van der Waals surface area contributed by atoms with Crippen molar-refractivity contribution in [2.75, 3.05) is 5.32 Å². The van der Waals surface area contributed by atoms with Crippen LogP contribution in [0.25, 0.3) is 22.3 Å². The fourth-order valence-electron chi connectivity index (χ4n) is 4.70. The van der Waals surface area contributed by atoms with E-state index in [-0.39, 0.29) is 11.8 Å². The van der Waals surface area contributed by atoms with Crippen molar-refractivity contribution in [3.63, 3.8) is 0 Å². The molecule has 0 fully saturated rings. The molecule has 1 heterocycles.